The minimum absolute atomic E-state index is 0.0755. The van der Waals surface area contributed by atoms with Gasteiger partial charge in [-0.2, -0.15) is 5.10 Å². The molecule has 0 aliphatic heterocycles. The smallest absolute Gasteiger partial charge is 0.257 e. The highest BCUT2D eigenvalue weighted by molar-refractivity contribution is 7.89. The quantitative estimate of drug-likeness (QED) is 0.571. The minimum atomic E-state index is -3.63. The Hall–Kier alpha value is -0.960. The summed E-state index contributed by atoms with van der Waals surface area (Å²) in [5.74, 6) is 0. The van der Waals surface area contributed by atoms with Crippen LogP contribution in [0.5, 0.6) is 0 Å². The summed E-state index contributed by atoms with van der Waals surface area (Å²) >= 11 is 0. The third kappa shape index (κ3) is 5.27. The summed E-state index contributed by atoms with van der Waals surface area (Å²) in [7, 11) is -3.63. The Kier molecular flexibility index (Phi) is 6.43. The maximum absolute atomic E-state index is 11.9. The Bertz CT molecular complexity index is 470. The number of nitrogens with zero attached hydrogens (tertiary/aromatic N) is 1. The molecule has 0 aliphatic rings. The van der Waals surface area contributed by atoms with Crippen LogP contribution in [0.3, 0.4) is 0 Å². The maximum atomic E-state index is 11.9. The van der Waals surface area contributed by atoms with Crippen LogP contribution in [-0.4, -0.2) is 43.0 Å². The molecule has 0 bridgehead atoms. The minimum Gasteiger partial charge on any atom is -0.392 e. The molecular formula is C11H21N3O4S. The summed E-state index contributed by atoms with van der Waals surface area (Å²) in [5.41, 5.74) is 0.260. The Morgan fingerprint density at radius 1 is 1.47 bits per heavy atom. The van der Waals surface area contributed by atoms with Crippen LogP contribution in [0, 0.1) is 0 Å². The lowest BCUT2D eigenvalue weighted by Crippen LogP contribution is -2.26. The van der Waals surface area contributed by atoms with E-state index in [0.29, 0.717) is 19.6 Å². The normalized spacial score (nSPS) is 12.2. The highest BCUT2D eigenvalue weighted by Crippen LogP contribution is 2.11. The molecule has 1 aromatic rings. The van der Waals surface area contributed by atoms with Crippen molar-refractivity contribution in [1.29, 1.82) is 0 Å². The fourth-order valence-corrected chi connectivity index (χ4v) is 2.66. The number of aromatic amines is 1. The molecule has 0 aliphatic carbocycles. The van der Waals surface area contributed by atoms with E-state index in [-0.39, 0.29) is 23.3 Å². The van der Waals surface area contributed by atoms with Crippen molar-refractivity contribution < 1.29 is 18.3 Å². The lowest BCUT2D eigenvalue weighted by atomic mass is 10.3. The first kappa shape index (κ1) is 16.1. The summed E-state index contributed by atoms with van der Waals surface area (Å²) in [6.07, 6.45) is 2.96. The predicted molar refractivity (Wildman–Crippen MR) is 70.0 cm³/mol. The number of ether oxygens (including phenoxy) is 1. The van der Waals surface area contributed by atoms with Crippen molar-refractivity contribution in [1.82, 2.24) is 14.9 Å². The predicted octanol–water partition coefficient (Wildman–Crippen LogP) is 0.386. The molecule has 0 saturated carbocycles. The van der Waals surface area contributed by atoms with Gasteiger partial charge in [-0.25, -0.2) is 13.1 Å². The number of aliphatic hydroxyl groups is 1. The highest BCUT2D eigenvalue weighted by Gasteiger charge is 2.19. The SMILES string of the molecule is CC(C)OCCCCNS(=O)(=O)c1[nH]ncc1CO. The molecule has 0 unspecified atom stereocenters. The number of hydrogen-bond donors (Lipinski definition) is 3. The first-order valence-electron chi connectivity index (χ1n) is 6.21. The van der Waals surface area contributed by atoms with E-state index in [1.54, 1.807) is 0 Å². The van der Waals surface area contributed by atoms with E-state index in [0.717, 1.165) is 6.42 Å². The number of hydrogen-bond acceptors (Lipinski definition) is 5. The van der Waals surface area contributed by atoms with Gasteiger partial charge in [-0.15, -0.1) is 0 Å². The molecule has 0 aromatic carbocycles. The highest BCUT2D eigenvalue weighted by atomic mass is 32.2. The number of H-pyrrole nitrogens is 1. The monoisotopic (exact) mass is 291 g/mol. The second-order valence-corrected chi connectivity index (χ2v) is 6.11. The number of sulfonamides is 1. The Morgan fingerprint density at radius 3 is 2.84 bits per heavy atom. The number of nitrogens with one attached hydrogen (secondary N) is 2. The fourth-order valence-electron chi connectivity index (χ4n) is 1.47. The van der Waals surface area contributed by atoms with Gasteiger partial charge in [0.1, 0.15) is 0 Å². The molecule has 1 heterocycles. The Balaban J connectivity index is 2.36. The molecule has 0 radical (unpaired) electrons. The van der Waals surface area contributed by atoms with Gasteiger partial charge in [-0.1, -0.05) is 0 Å². The summed E-state index contributed by atoms with van der Waals surface area (Å²) in [6.45, 7) is 4.49. The molecule has 0 saturated heterocycles. The number of aromatic nitrogens is 2. The van der Waals surface area contributed by atoms with Crippen molar-refractivity contribution in [3.05, 3.63) is 11.8 Å². The van der Waals surface area contributed by atoms with Crippen LogP contribution in [0.15, 0.2) is 11.2 Å². The average Bonchev–Trinajstić information content (AvgIpc) is 2.82. The molecule has 8 heteroatoms. The molecule has 7 nitrogen and oxygen atoms in total. The van der Waals surface area contributed by atoms with Crippen molar-refractivity contribution in [2.75, 3.05) is 13.2 Å². The average molecular weight is 291 g/mol. The van der Waals surface area contributed by atoms with E-state index < -0.39 is 10.0 Å². The standard InChI is InChI=1S/C11H21N3O4S/c1-9(2)18-6-4-3-5-13-19(16,17)11-10(8-15)7-12-14-11/h7,9,13,15H,3-6,8H2,1-2H3,(H,12,14). The van der Waals surface area contributed by atoms with E-state index in [1.165, 1.54) is 6.20 Å². The van der Waals surface area contributed by atoms with E-state index in [2.05, 4.69) is 14.9 Å². The Morgan fingerprint density at radius 2 is 2.21 bits per heavy atom. The third-order valence-corrected chi connectivity index (χ3v) is 3.91. The van der Waals surface area contributed by atoms with Gasteiger partial charge in [0.2, 0.25) is 0 Å². The molecular weight excluding hydrogens is 270 g/mol. The van der Waals surface area contributed by atoms with Gasteiger partial charge >= 0.3 is 0 Å². The van der Waals surface area contributed by atoms with Crippen molar-refractivity contribution in [3.63, 3.8) is 0 Å². The molecule has 1 aromatic heterocycles. The third-order valence-electron chi connectivity index (χ3n) is 2.43. The molecule has 3 N–H and O–H groups in total. The van der Waals surface area contributed by atoms with Crippen LogP contribution in [0.25, 0.3) is 0 Å². The number of aliphatic hydroxyl groups excluding tert-OH is 1. The summed E-state index contributed by atoms with van der Waals surface area (Å²) in [4.78, 5) is 0. The summed E-state index contributed by atoms with van der Waals surface area (Å²) < 4.78 is 31.6. The van der Waals surface area contributed by atoms with E-state index >= 15 is 0 Å². The zero-order valence-electron chi connectivity index (χ0n) is 11.2. The van der Waals surface area contributed by atoms with Crippen molar-refractivity contribution in [3.8, 4) is 0 Å². The van der Waals surface area contributed by atoms with Crippen LogP contribution >= 0.6 is 0 Å². The first-order valence-corrected chi connectivity index (χ1v) is 7.70. The number of unbranched alkanes of at least 4 members (excludes halogenated alkanes) is 1. The first-order chi connectivity index (χ1) is 8.97. The molecule has 19 heavy (non-hydrogen) atoms. The van der Waals surface area contributed by atoms with E-state index in [4.69, 9.17) is 9.84 Å². The number of rotatable bonds is 9. The van der Waals surface area contributed by atoms with Crippen LogP contribution in [0.4, 0.5) is 0 Å². The van der Waals surface area contributed by atoms with Gasteiger partial charge < -0.3 is 9.84 Å². The van der Waals surface area contributed by atoms with Crippen molar-refractivity contribution in [2.45, 2.75) is 44.4 Å². The molecule has 1 rings (SSSR count). The Labute approximate surface area is 113 Å². The maximum Gasteiger partial charge on any atom is 0.257 e. The van der Waals surface area contributed by atoms with Crippen LogP contribution in [0.2, 0.25) is 0 Å². The molecule has 0 fully saturated rings. The van der Waals surface area contributed by atoms with E-state index in [1.807, 2.05) is 13.8 Å². The molecule has 0 atom stereocenters. The largest absolute Gasteiger partial charge is 0.392 e. The summed E-state index contributed by atoms with van der Waals surface area (Å²) in [5, 5.41) is 14.9. The van der Waals surface area contributed by atoms with Gasteiger partial charge in [0.15, 0.2) is 5.03 Å². The van der Waals surface area contributed by atoms with Crippen LogP contribution in [-0.2, 0) is 21.4 Å². The van der Waals surface area contributed by atoms with Gasteiger partial charge in [-0.05, 0) is 26.7 Å². The van der Waals surface area contributed by atoms with Gasteiger partial charge in [0.05, 0.1) is 18.9 Å². The van der Waals surface area contributed by atoms with Gasteiger partial charge in [0.25, 0.3) is 10.0 Å². The zero-order chi connectivity index (χ0) is 14.3. The topological polar surface area (TPSA) is 104 Å². The van der Waals surface area contributed by atoms with Crippen molar-refractivity contribution >= 4 is 10.0 Å². The lowest BCUT2D eigenvalue weighted by molar-refractivity contribution is 0.0762. The second kappa shape index (κ2) is 7.59. The van der Waals surface area contributed by atoms with Crippen molar-refractivity contribution in [2.24, 2.45) is 0 Å². The van der Waals surface area contributed by atoms with E-state index in [9.17, 15) is 8.42 Å². The molecule has 0 spiro atoms. The fraction of sp³-hybridized carbons (Fsp3) is 0.727. The van der Waals surface area contributed by atoms with Crippen LogP contribution in [0.1, 0.15) is 32.3 Å². The van der Waals surface area contributed by atoms with Gasteiger partial charge in [0, 0.05) is 18.7 Å². The molecule has 0 amide bonds. The second-order valence-electron chi connectivity index (χ2n) is 4.41. The molecule has 110 valence electrons. The summed E-state index contributed by atoms with van der Waals surface area (Å²) in [6, 6.07) is 0. The van der Waals surface area contributed by atoms with Crippen LogP contribution < -0.4 is 4.72 Å². The zero-order valence-corrected chi connectivity index (χ0v) is 12.0. The van der Waals surface area contributed by atoms with Gasteiger partial charge in [-0.3, -0.25) is 5.10 Å². The lowest BCUT2D eigenvalue weighted by Gasteiger charge is -2.08.